The average Bonchev–Trinajstić information content (AvgIpc) is 2.81. The highest BCUT2D eigenvalue weighted by Crippen LogP contribution is 2.36. The van der Waals surface area contributed by atoms with Crippen LogP contribution in [0.2, 0.25) is 5.02 Å². The molecule has 170 valence electrons. The van der Waals surface area contributed by atoms with Gasteiger partial charge in [0.1, 0.15) is 5.82 Å². The summed E-state index contributed by atoms with van der Waals surface area (Å²) < 4.78 is 13.2. The molecule has 0 spiro atoms. The number of piperidine rings is 1. The summed E-state index contributed by atoms with van der Waals surface area (Å²) in [6.45, 7) is 1.79. The maximum atomic E-state index is 13.2. The number of hydrogen-bond donors (Lipinski definition) is 1. The standard InChI is InChI=1S/C24H21ClFN3O3S/c25-17-5-10-21(28-12-2-1-3-13-28)20(15-17)27-24(30)16-4-11-23(22(14-16)29(31)32)33-19-8-6-18(26)7-9-19/h4-11,14-15H,1-3,12-13H2,(H,27,30). The van der Waals surface area contributed by atoms with Crippen LogP contribution in [0.4, 0.5) is 21.5 Å². The van der Waals surface area contributed by atoms with Crippen molar-refractivity contribution in [2.75, 3.05) is 23.3 Å². The van der Waals surface area contributed by atoms with Crippen molar-refractivity contribution in [2.24, 2.45) is 0 Å². The second kappa shape index (κ2) is 10.2. The summed E-state index contributed by atoms with van der Waals surface area (Å²) >= 11 is 7.31. The molecule has 3 aromatic carbocycles. The quantitative estimate of drug-likeness (QED) is 0.307. The van der Waals surface area contributed by atoms with Gasteiger partial charge in [-0.05, 0) is 73.9 Å². The van der Waals surface area contributed by atoms with Gasteiger partial charge in [0.15, 0.2) is 0 Å². The molecule has 0 aliphatic carbocycles. The minimum absolute atomic E-state index is 0.162. The Labute approximate surface area is 199 Å². The normalized spacial score (nSPS) is 13.6. The molecular formula is C24H21ClFN3O3S. The fourth-order valence-electron chi connectivity index (χ4n) is 3.73. The van der Waals surface area contributed by atoms with Gasteiger partial charge in [0.2, 0.25) is 0 Å². The monoisotopic (exact) mass is 485 g/mol. The number of amides is 1. The van der Waals surface area contributed by atoms with E-state index in [0.717, 1.165) is 43.4 Å². The van der Waals surface area contributed by atoms with Crippen LogP contribution in [0.5, 0.6) is 0 Å². The van der Waals surface area contributed by atoms with Gasteiger partial charge in [-0.3, -0.25) is 14.9 Å². The van der Waals surface area contributed by atoms with E-state index in [9.17, 15) is 19.3 Å². The van der Waals surface area contributed by atoms with Gasteiger partial charge in [0.25, 0.3) is 11.6 Å². The number of benzene rings is 3. The molecule has 1 aliphatic rings. The van der Waals surface area contributed by atoms with Gasteiger partial charge in [0.05, 0.1) is 21.2 Å². The molecule has 6 nitrogen and oxygen atoms in total. The largest absolute Gasteiger partial charge is 0.370 e. The molecule has 4 rings (SSSR count). The van der Waals surface area contributed by atoms with E-state index in [4.69, 9.17) is 11.6 Å². The lowest BCUT2D eigenvalue weighted by atomic mass is 10.1. The van der Waals surface area contributed by atoms with Crippen LogP contribution in [0.25, 0.3) is 0 Å². The molecule has 0 unspecified atom stereocenters. The Morgan fingerprint density at radius 3 is 2.45 bits per heavy atom. The lowest BCUT2D eigenvalue weighted by Crippen LogP contribution is -2.30. The Morgan fingerprint density at radius 2 is 1.76 bits per heavy atom. The molecule has 9 heteroatoms. The molecule has 1 N–H and O–H groups in total. The van der Waals surface area contributed by atoms with E-state index in [0.29, 0.717) is 20.5 Å². The summed E-state index contributed by atoms with van der Waals surface area (Å²) in [7, 11) is 0. The highest BCUT2D eigenvalue weighted by Gasteiger charge is 2.21. The summed E-state index contributed by atoms with van der Waals surface area (Å²) in [5.41, 5.74) is 1.42. The van der Waals surface area contributed by atoms with Crippen LogP contribution < -0.4 is 10.2 Å². The van der Waals surface area contributed by atoms with Crippen molar-refractivity contribution >= 4 is 46.3 Å². The van der Waals surface area contributed by atoms with Crippen molar-refractivity contribution < 1.29 is 14.1 Å². The van der Waals surface area contributed by atoms with Crippen LogP contribution in [0.1, 0.15) is 29.6 Å². The number of anilines is 2. The highest BCUT2D eigenvalue weighted by molar-refractivity contribution is 7.99. The van der Waals surface area contributed by atoms with Crippen molar-refractivity contribution in [1.29, 1.82) is 0 Å². The average molecular weight is 486 g/mol. The van der Waals surface area contributed by atoms with Crippen molar-refractivity contribution in [1.82, 2.24) is 0 Å². The molecule has 0 radical (unpaired) electrons. The van der Waals surface area contributed by atoms with E-state index in [1.54, 1.807) is 30.3 Å². The number of nitrogens with one attached hydrogen (secondary N) is 1. The third-order valence-corrected chi connectivity index (χ3v) is 6.67. The second-order valence-corrected chi connectivity index (χ2v) is 9.21. The van der Waals surface area contributed by atoms with Crippen LogP contribution >= 0.6 is 23.4 Å². The van der Waals surface area contributed by atoms with Crippen molar-refractivity contribution in [3.8, 4) is 0 Å². The Balaban J connectivity index is 1.59. The molecule has 1 fully saturated rings. The zero-order chi connectivity index (χ0) is 23.4. The van der Waals surface area contributed by atoms with E-state index >= 15 is 0 Å². The molecule has 1 amide bonds. The van der Waals surface area contributed by atoms with E-state index in [1.807, 2.05) is 6.07 Å². The molecule has 0 bridgehead atoms. The highest BCUT2D eigenvalue weighted by atomic mass is 35.5. The van der Waals surface area contributed by atoms with Gasteiger partial charge >= 0.3 is 0 Å². The van der Waals surface area contributed by atoms with E-state index in [1.165, 1.54) is 30.7 Å². The van der Waals surface area contributed by atoms with Crippen LogP contribution in [0.3, 0.4) is 0 Å². The molecule has 1 heterocycles. The minimum atomic E-state index is -0.527. The summed E-state index contributed by atoms with van der Waals surface area (Å²) in [5, 5.41) is 15.0. The maximum absolute atomic E-state index is 13.2. The first-order chi connectivity index (χ1) is 15.9. The second-order valence-electron chi connectivity index (χ2n) is 7.66. The third kappa shape index (κ3) is 5.64. The van der Waals surface area contributed by atoms with E-state index in [2.05, 4.69) is 10.2 Å². The van der Waals surface area contributed by atoms with Gasteiger partial charge in [0, 0.05) is 34.6 Å². The smallest absolute Gasteiger partial charge is 0.284 e. The number of nitro benzene ring substituents is 1. The number of carbonyl (C=O) groups excluding carboxylic acids is 1. The number of nitrogens with zero attached hydrogens (tertiary/aromatic N) is 2. The first-order valence-electron chi connectivity index (χ1n) is 10.5. The Bertz CT molecular complexity index is 1180. The zero-order valence-electron chi connectivity index (χ0n) is 17.6. The summed E-state index contributed by atoms with van der Waals surface area (Å²) in [5.74, 6) is -0.845. The number of nitro groups is 1. The Morgan fingerprint density at radius 1 is 1.03 bits per heavy atom. The van der Waals surface area contributed by atoms with Gasteiger partial charge < -0.3 is 10.2 Å². The zero-order valence-corrected chi connectivity index (χ0v) is 19.2. The van der Waals surface area contributed by atoms with E-state index in [-0.39, 0.29) is 17.1 Å². The Kier molecular flexibility index (Phi) is 7.15. The minimum Gasteiger partial charge on any atom is -0.370 e. The van der Waals surface area contributed by atoms with Crippen LogP contribution in [0, 0.1) is 15.9 Å². The van der Waals surface area contributed by atoms with Gasteiger partial charge in [-0.2, -0.15) is 0 Å². The fourth-order valence-corrected chi connectivity index (χ4v) is 4.80. The lowest BCUT2D eigenvalue weighted by molar-refractivity contribution is -0.387. The molecule has 33 heavy (non-hydrogen) atoms. The number of carbonyl (C=O) groups is 1. The van der Waals surface area contributed by atoms with Crippen molar-refractivity contribution in [3.05, 3.63) is 87.2 Å². The number of rotatable bonds is 6. The molecule has 0 atom stereocenters. The van der Waals surface area contributed by atoms with Gasteiger partial charge in [-0.1, -0.05) is 23.4 Å². The molecule has 0 saturated carbocycles. The fraction of sp³-hybridized carbons (Fsp3) is 0.208. The Hall–Kier alpha value is -3.10. The summed E-state index contributed by atoms with van der Waals surface area (Å²) in [6.07, 6.45) is 3.34. The van der Waals surface area contributed by atoms with Gasteiger partial charge in [-0.25, -0.2) is 4.39 Å². The van der Waals surface area contributed by atoms with E-state index < -0.39 is 10.8 Å². The summed E-state index contributed by atoms with van der Waals surface area (Å²) in [6, 6.07) is 15.4. The van der Waals surface area contributed by atoms with Crippen LogP contribution in [-0.2, 0) is 0 Å². The van der Waals surface area contributed by atoms with Crippen LogP contribution in [-0.4, -0.2) is 23.9 Å². The topological polar surface area (TPSA) is 75.5 Å². The van der Waals surface area contributed by atoms with Crippen LogP contribution in [0.15, 0.2) is 70.5 Å². The SMILES string of the molecule is O=C(Nc1cc(Cl)ccc1N1CCCCC1)c1ccc(Sc2ccc(F)cc2)c([N+](=O)[O-])c1. The number of halogens is 2. The first-order valence-corrected chi connectivity index (χ1v) is 11.7. The molecule has 1 saturated heterocycles. The van der Waals surface area contributed by atoms with Crippen molar-refractivity contribution in [2.45, 2.75) is 29.1 Å². The maximum Gasteiger partial charge on any atom is 0.284 e. The van der Waals surface area contributed by atoms with Gasteiger partial charge in [-0.15, -0.1) is 0 Å². The lowest BCUT2D eigenvalue weighted by Gasteiger charge is -2.30. The molecule has 0 aromatic heterocycles. The third-order valence-electron chi connectivity index (χ3n) is 5.36. The number of hydrogen-bond acceptors (Lipinski definition) is 5. The predicted octanol–water partition coefficient (Wildman–Crippen LogP) is 6.78. The first kappa shape index (κ1) is 23.1. The van der Waals surface area contributed by atoms with Crippen molar-refractivity contribution in [3.63, 3.8) is 0 Å². The molecule has 1 aliphatic heterocycles. The molecule has 3 aromatic rings. The summed E-state index contributed by atoms with van der Waals surface area (Å²) in [4.78, 5) is 27.4. The molecular weight excluding hydrogens is 465 g/mol. The predicted molar refractivity (Wildman–Crippen MR) is 129 cm³/mol.